The quantitative estimate of drug-likeness (QED) is 0.838. The van der Waals surface area contributed by atoms with E-state index in [1.54, 1.807) is 0 Å². The van der Waals surface area contributed by atoms with Gasteiger partial charge in [-0.25, -0.2) is 0 Å². The van der Waals surface area contributed by atoms with Crippen molar-refractivity contribution in [2.45, 2.75) is 38.5 Å². The second-order valence-corrected chi connectivity index (χ2v) is 5.63. The van der Waals surface area contributed by atoms with Crippen LogP contribution in [0.3, 0.4) is 0 Å². The zero-order valence-electron chi connectivity index (χ0n) is 11.3. The Morgan fingerprint density at radius 3 is 2.74 bits per heavy atom. The molecule has 1 aliphatic heterocycles. The average Bonchev–Trinajstić information content (AvgIpc) is 2.80. The van der Waals surface area contributed by atoms with Gasteiger partial charge in [-0.05, 0) is 31.4 Å². The van der Waals surface area contributed by atoms with E-state index < -0.39 is 0 Å². The Balaban J connectivity index is 1.75. The maximum Gasteiger partial charge on any atom is 0.252 e. The molecule has 1 aromatic carbocycles. The smallest absolute Gasteiger partial charge is 0.252 e. The van der Waals surface area contributed by atoms with Gasteiger partial charge in [0.2, 0.25) is 0 Å². The van der Waals surface area contributed by atoms with E-state index in [-0.39, 0.29) is 24.1 Å². The summed E-state index contributed by atoms with van der Waals surface area (Å²) >= 11 is 0. The molecule has 2 fully saturated rings. The van der Waals surface area contributed by atoms with Crippen LogP contribution in [-0.2, 0) is 4.74 Å². The van der Waals surface area contributed by atoms with E-state index in [4.69, 9.17) is 10.5 Å². The topological polar surface area (TPSA) is 64.4 Å². The normalized spacial score (nSPS) is 32.6. The molecule has 4 heteroatoms. The van der Waals surface area contributed by atoms with Gasteiger partial charge in [0.15, 0.2) is 0 Å². The number of nitrogens with one attached hydrogen (secondary N) is 1. The molecule has 3 rings (SSSR count). The highest BCUT2D eigenvalue weighted by atomic mass is 16.5. The number of fused-ring (bicyclic) bond motifs is 1. The van der Waals surface area contributed by atoms with Crippen LogP contribution in [0.25, 0.3) is 0 Å². The molecule has 102 valence electrons. The second kappa shape index (κ2) is 4.62. The van der Waals surface area contributed by atoms with Crippen molar-refractivity contribution in [1.29, 1.82) is 0 Å². The lowest BCUT2D eigenvalue weighted by Crippen LogP contribution is -2.69. The zero-order valence-corrected chi connectivity index (χ0v) is 11.3. The number of carbonyl (C=O) groups is 1. The average molecular weight is 260 g/mol. The highest BCUT2D eigenvalue weighted by Gasteiger charge is 2.52. The summed E-state index contributed by atoms with van der Waals surface area (Å²) in [5.41, 5.74) is 8.87. The zero-order chi connectivity index (χ0) is 13.6. The summed E-state index contributed by atoms with van der Waals surface area (Å²) in [5, 5.41) is 3.05. The van der Waals surface area contributed by atoms with E-state index in [1.165, 1.54) is 0 Å². The first-order valence-electron chi connectivity index (χ1n) is 6.84. The van der Waals surface area contributed by atoms with Crippen LogP contribution in [0.5, 0.6) is 0 Å². The first kappa shape index (κ1) is 12.6. The molecule has 0 bridgehead atoms. The van der Waals surface area contributed by atoms with Crippen LogP contribution in [0.15, 0.2) is 18.2 Å². The lowest BCUT2D eigenvalue weighted by molar-refractivity contribution is -0.0161. The number of hydrogen-bond donors (Lipinski definition) is 2. The fourth-order valence-electron chi connectivity index (χ4n) is 3.32. The van der Waals surface area contributed by atoms with Gasteiger partial charge in [0.05, 0.1) is 12.1 Å². The van der Waals surface area contributed by atoms with E-state index in [0.717, 1.165) is 29.7 Å². The van der Waals surface area contributed by atoms with E-state index in [9.17, 15) is 4.79 Å². The lowest BCUT2D eigenvalue weighted by Gasteiger charge is -2.45. The molecular weight excluding hydrogens is 240 g/mol. The molecule has 0 spiro atoms. The Bertz CT molecular complexity index is 495. The molecule has 2 aliphatic rings. The number of amides is 1. The summed E-state index contributed by atoms with van der Waals surface area (Å²) in [6, 6.07) is 5.86. The Hall–Kier alpha value is -1.39. The van der Waals surface area contributed by atoms with Gasteiger partial charge in [0, 0.05) is 24.1 Å². The fraction of sp³-hybridized carbons (Fsp3) is 0.533. The molecule has 19 heavy (non-hydrogen) atoms. The van der Waals surface area contributed by atoms with Crippen LogP contribution >= 0.6 is 0 Å². The molecule has 1 aromatic rings. The molecule has 1 heterocycles. The van der Waals surface area contributed by atoms with Gasteiger partial charge >= 0.3 is 0 Å². The Morgan fingerprint density at radius 2 is 2.05 bits per heavy atom. The molecule has 4 atom stereocenters. The van der Waals surface area contributed by atoms with Crippen molar-refractivity contribution >= 4 is 5.91 Å². The maximum atomic E-state index is 12.4. The summed E-state index contributed by atoms with van der Waals surface area (Å²) in [4.78, 5) is 12.4. The van der Waals surface area contributed by atoms with Crippen molar-refractivity contribution in [3.8, 4) is 0 Å². The van der Waals surface area contributed by atoms with Crippen LogP contribution in [0.2, 0.25) is 0 Å². The summed E-state index contributed by atoms with van der Waals surface area (Å²) < 4.78 is 5.64. The van der Waals surface area contributed by atoms with Gasteiger partial charge < -0.3 is 15.8 Å². The minimum Gasteiger partial charge on any atom is -0.376 e. The van der Waals surface area contributed by atoms with Crippen LogP contribution < -0.4 is 11.1 Å². The number of carbonyl (C=O) groups excluding carboxylic acids is 1. The monoisotopic (exact) mass is 260 g/mol. The van der Waals surface area contributed by atoms with Crippen molar-refractivity contribution in [2.24, 2.45) is 11.7 Å². The van der Waals surface area contributed by atoms with E-state index in [0.29, 0.717) is 5.92 Å². The largest absolute Gasteiger partial charge is 0.376 e. The molecule has 3 N–H and O–H groups in total. The lowest BCUT2D eigenvalue weighted by atomic mass is 9.72. The predicted molar refractivity (Wildman–Crippen MR) is 73.0 cm³/mol. The fourth-order valence-corrected chi connectivity index (χ4v) is 3.32. The predicted octanol–water partition coefficient (Wildman–Crippen LogP) is 1.15. The van der Waals surface area contributed by atoms with Gasteiger partial charge in [0.25, 0.3) is 5.91 Å². The molecule has 4 nitrogen and oxygen atoms in total. The molecular formula is C15H20N2O2. The summed E-state index contributed by atoms with van der Waals surface area (Å²) in [6.07, 6.45) is 1.13. The summed E-state index contributed by atoms with van der Waals surface area (Å²) in [7, 11) is 0. The molecule has 0 radical (unpaired) electrons. The van der Waals surface area contributed by atoms with Crippen LogP contribution in [0.1, 0.15) is 27.9 Å². The van der Waals surface area contributed by atoms with Gasteiger partial charge in [0.1, 0.15) is 0 Å². The number of rotatable bonds is 2. The standard InChI is InChI=1S/C15H20N2O2/c1-8-4-3-5-9(2)11(8)15(18)17-13-12(16)10-6-7-19-14(10)13/h3-5,10,12-14H,6-7,16H2,1-2H3,(H,17,18). The Labute approximate surface area is 113 Å². The third kappa shape index (κ3) is 1.95. The molecule has 0 aromatic heterocycles. The van der Waals surface area contributed by atoms with Gasteiger partial charge in [-0.3, -0.25) is 4.79 Å². The molecule has 1 saturated heterocycles. The number of benzene rings is 1. The third-order valence-electron chi connectivity index (χ3n) is 4.45. The molecule has 1 aliphatic carbocycles. The molecule has 1 saturated carbocycles. The minimum absolute atomic E-state index is 0.0285. The molecule has 1 amide bonds. The van der Waals surface area contributed by atoms with E-state index in [2.05, 4.69) is 5.32 Å². The van der Waals surface area contributed by atoms with Crippen molar-refractivity contribution in [2.75, 3.05) is 6.61 Å². The van der Waals surface area contributed by atoms with Crippen LogP contribution in [0.4, 0.5) is 0 Å². The first-order chi connectivity index (χ1) is 9.09. The van der Waals surface area contributed by atoms with Gasteiger partial charge in [-0.15, -0.1) is 0 Å². The Morgan fingerprint density at radius 1 is 1.37 bits per heavy atom. The van der Waals surface area contributed by atoms with Crippen molar-refractivity contribution in [3.63, 3.8) is 0 Å². The maximum absolute atomic E-state index is 12.4. The summed E-state index contributed by atoms with van der Waals surface area (Å²) in [5.74, 6) is 0.383. The van der Waals surface area contributed by atoms with Crippen molar-refractivity contribution in [3.05, 3.63) is 34.9 Å². The second-order valence-electron chi connectivity index (χ2n) is 5.63. The highest BCUT2D eigenvalue weighted by molar-refractivity contribution is 5.97. The van der Waals surface area contributed by atoms with Gasteiger partial charge in [-0.2, -0.15) is 0 Å². The third-order valence-corrected chi connectivity index (χ3v) is 4.45. The summed E-state index contributed by atoms with van der Waals surface area (Å²) in [6.45, 7) is 4.67. The number of aryl methyl sites for hydroxylation is 2. The number of nitrogens with two attached hydrogens (primary N) is 1. The van der Waals surface area contributed by atoms with Crippen molar-refractivity contribution < 1.29 is 9.53 Å². The molecule has 4 unspecified atom stereocenters. The van der Waals surface area contributed by atoms with E-state index in [1.807, 2.05) is 32.0 Å². The number of hydrogen-bond acceptors (Lipinski definition) is 3. The SMILES string of the molecule is Cc1cccc(C)c1C(=O)NC1C(N)C2CCOC21. The minimum atomic E-state index is -0.0426. The highest BCUT2D eigenvalue weighted by Crippen LogP contribution is 2.37. The van der Waals surface area contributed by atoms with Crippen LogP contribution in [-0.4, -0.2) is 30.7 Å². The van der Waals surface area contributed by atoms with E-state index >= 15 is 0 Å². The number of ether oxygens (including phenoxy) is 1. The van der Waals surface area contributed by atoms with Crippen molar-refractivity contribution in [1.82, 2.24) is 5.32 Å². The Kier molecular flexibility index (Phi) is 3.07. The first-order valence-corrected chi connectivity index (χ1v) is 6.84. The van der Waals surface area contributed by atoms with Crippen LogP contribution in [0, 0.1) is 19.8 Å². The van der Waals surface area contributed by atoms with Gasteiger partial charge in [-0.1, -0.05) is 18.2 Å².